The Morgan fingerprint density at radius 2 is 1.67 bits per heavy atom. The third-order valence-corrected chi connectivity index (χ3v) is 3.97. The molecule has 1 atom stereocenters. The maximum atomic E-state index is 11.7. The summed E-state index contributed by atoms with van der Waals surface area (Å²) in [7, 11) is -0.400. The molecular weight excluding hydrogens is 214 g/mol. The van der Waals surface area contributed by atoms with Crippen molar-refractivity contribution in [2.75, 3.05) is 14.1 Å². The van der Waals surface area contributed by atoms with E-state index in [4.69, 9.17) is 0 Å². The van der Waals surface area contributed by atoms with E-state index in [1.165, 1.54) is 26.2 Å². The minimum absolute atomic E-state index is 0.233. The first kappa shape index (κ1) is 12.2. The highest BCUT2D eigenvalue weighted by molar-refractivity contribution is 7.89. The summed E-state index contributed by atoms with van der Waals surface area (Å²) in [5.41, 5.74) is 0.702. The lowest BCUT2D eigenvalue weighted by molar-refractivity contribution is 0.199. The number of aliphatic hydroxyl groups excluding tert-OH is 1. The Morgan fingerprint density at radius 3 is 2.00 bits per heavy atom. The predicted octanol–water partition coefficient (Wildman–Crippen LogP) is 0.990. The zero-order valence-electron chi connectivity index (χ0n) is 9.01. The fraction of sp³-hybridized carbons (Fsp3) is 0.400. The molecule has 0 aromatic heterocycles. The zero-order chi connectivity index (χ0) is 11.6. The average molecular weight is 229 g/mol. The third-order valence-electron chi connectivity index (χ3n) is 2.14. The molecule has 0 amide bonds. The van der Waals surface area contributed by atoms with Crippen molar-refractivity contribution in [2.45, 2.75) is 17.9 Å². The standard InChI is InChI=1S/C10H15NO3S/c1-8(12)9-4-6-10(7-5-9)15(13,14)11(2)3/h4-8,12H,1-3H3/t8-/m1/s1. The molecule has 0 saturated heterocycles. The topological polar surface area (TPSA) is 57.6 Å². The van der Waals surface area contributed by atoms with E-state index in [0.29, 0.717) is 5.56 Å². The van der Waals surface area contributed by atoms with E-state index in [1.807, 2.05) is 0 Å². The van der Waals surface area contributed by atoms with E-state index in [0.717, 1.165) is 4.31 Å². The lowest BCUT2D eigenvalue weighted by Crippen LogP contribution is -2.22. The van der Waals surface area contributed by atoms with Gasteiger partial charge >= 0.3 is 0 Å². The van der Waals surface area contributed by atoms with Crippen LogP contribution in [0.3, 0.4) is 0 Å². The highest BCUT2D eigenvalue weighted by Crippen LogP contribution is 2.17. The molecule has 1 aromatic carbocycles. The molecule has 4 nitrogen and oxygen atoms in total. The van der Waals surface area contributed by atoms with Gasteiger partial charge in [0.05, 0.1) is 11.0 Å². The molecule has 0 spiro atoms. The summed E-state index contributed by atoms with van der Waals surface area (Å²) in [4.78, 5) is 0.233. The molecule has 0 bridgehead atoms. The number of benzene rings is 1. The van der Waals surface area contributed by atoms with E-state index in [2.05, 4.69) is 0 Å². The summed E-state index contributed by atoms with van der Waals surface area (Å²) in [6, 6.07) is 6.22. The highest BCUT2D eigenvalue weighted by atomic mass is 32.2. The van der Waals surface area contributed by atoms with Crippen molar-refractivity contribution in [2.24, 2.45) is 0 Å². The van der Waals surface area contributed by atoms with Crippen LogP contribution in [0.1, 0.15) is 18.6 Å². The summed E-state index contributed by atoms with van der Waals surface area (Å²) >= 11 is 0. The highest BCUT2D eigenvalue weighted by Gasteiger charge is 2.16. The van der Waals surface area contributed by atoms with Gasteiger partial charge < -0.3 is 5.11 Å². The molecule has 0 aliphatic heterocycles. The summed E-state index contributed by atoms with van der Waals surface area (Å²) in [6.45, 7) is 1.63. The zero-order valence-corrected chi connectivity index (χ0v) is 9.82. The molecule has 84 valence electrons. The first-order valence-corrected chi connectivity index (χ1v) is 6.00. The number of sulfonamides is 1. The van der Waals surface area contributed by atoms with Crippen molar-refractivity contribution in [3.63, 3.8) is 0 Å². The van der Waals surface area contributed by atoms with Gasteiger partial charge in [0.2, 0.25) is 10.0 Å². The molecule has 15 heavy (non-hydrogen) atoms. The average Bonchev–Trinajstić information content (AvgIpc) is 2.17. The minimum atomic E-state index is -3.37. The SMILES string of the molecule is C[C@@H](O)c1ccc(S(=O)(=O)N(C)C)cc1. The lowest BCUT2D eigenvalue weighted by Gasteiger charge is -2.12. The van der Waals surface area contributed by atoms with E-state index in [1.54, 1.807) is 19.1 Å². The maximum absolute atomic E-state index is 11.7. The minimum Gasteiger partial charge on any atom is -0.389 e. The van der Waals surface area contributed by atoms with Gasteiger partial charge in [0.25, 0.3) is 0 Å². The molecule has 0 unspecified atom stereocenters. The molecule has 5 heteroatoms. The summed E-state index contributed by atoms with van der Waals surface area (Å²) in [5.74, 6) is 0. The van der Waals surface area contributed by atoms with E-state index < -0.39 is 16.1 Å². The molecule has 1 N–H and O–H groups in total. The normalized spacial score (nSPS) is 14.2. The van der Waals surface area contributed by atoms with E-state index in [-0.39, 0.29) is 4.90 Å². The molecule has 0 heterocycles. The van der Waals surface area contributed by atoms with Crippen LogP contribution < -0.4 is 0 Å². The molecule has 1 aromatic rings. The Bertz CT molecular complexity index is 420. The van der Waals surface area contributed by atoms with Crippen molar-refractivity contribution < 1.29 is 13.5 Å². The summed E-state index contributed by atoms with van der Waals surface area (Å²) in [5, 5.41) is 9.27. The third kappa shape index (κ3) is 2.56. The van der Waals surface area contributed by atoms with Crippen molar-refractivity contribution >= 4 is 10.0 Å². The second-order valence-corrected chi connectivity index (χ2v) is 5.68. The van der Waals surface area contributed by atoms with Gasteiger partial charge in [-0.05, 0) is 24.6 Å². The summed E-state index contributed by atoms with van der Waals surface area (Å²) < 4.78 is 24.5. The van der Waals surface area contributed by atoms with Crippen molar-refractivity contribution in [1.29, 1.82) is 0 Å². The Kier molecular flexibility index (Phi) is 3.49. The first-order chi connectivity index (χ1) is 6.85. The van der Waals surface area contributed by atoms with Crippen molar-refractivity contribution in [1.82, 2.24) is 4.31 Å². The van der Waals surface area contributed by atoms with Gasteiger partial charge in [-0.15, -0.1) is 0 Å². The molecule has 0 radical (unpaired) electrons. The Hall–Kier alpha value is -0.910. The van der Waals surface area contributed by atoms with Gasteiger partial charge in [0.15, 0.2) is 0 Å². The second-order valence-electron chi connectivity index (χ2n) is 3.53. The van der Waals surface area contributed by atoms with Crippen LogP contribution >= 0.6 is 0 Å². The summed E-state index contributed by atoms with van der Waals surface area (Å²) in [6.07, 6.45) is -0.582. The Balaban J connectivity index is 3.10. The Morgan fingerprint density at radius 1 is 1.20 bits per heavy atom. The molecule has 0 saturated carbocycles. The molecule has 0 aliphatic carbocycles. The predicted molar refractivity (Wildman–Crippen MR) is 57.9 cm³/mol. The van der Waals surface area contributed by atoms with Crippen LogP contribution in [0.15, 0.2) is 29.2 Å². The monoisotopic (exact) mass is 229 g/mol. The maximum Gasteiger partial charge on any atom is 0.242 e. The first-order valence-electron chi connectivity index (χ1n) is 4.56. The van der Waals surface area contributed by atoms with Crippen LogP contribution in [-0.2, 0) is 10.0 Å². The number of nitrogens with zero attached hydrogens (tertiary/aromatic N) is 1. The fourth-order valence-corrected chi connectivity index (χ4v) is 2.03. The number of hydrogen-bond acceptors (Lipinski definition) is 3. The van der Waals surface area contributed by atoms with Gasteiger partial charge in [-0.3, -0.25) is 0 Å². The van der Waals surface area contributed by atoms with E-state index in [9.17, 15) is 13.5 Å². The van der Waals surface area contributed by atoms with Crippen LogP contribution in [-0.4, -0.2) is 31.9 Å². The number of hydrogen-bond donors (Lipinski definition) is 1. The van der Waals surface area contributed by atoms with Gasteiger partial charge in [-0.25, -0.2) is 12.7 Å². The fourth-order valence-electron chi connectivity index (χ4n) is 1.13. The lowest BCUT2D eigenvalue weighted by atomic mass is 10.1. The smallest absolute Gasteiger partial charge is 0.242 e. The van der Waals surface area contributed by atoms with Gasteiger partial charge in [-0.1, -0.05) is 12.1 Å². The van der Waals surface area contributed by atoms with Crippen LogP contribution in [0.2, 0.25) is 0 Å². The van der Waals surface area contributed by atoms with Gasteiger partial charge in [-0.2, -0.15) is 0 Å². The molecule has 0 aliphatic rings. The Labute approximate surface area is 90.2 Å². The van der Waals surface area contributed by atoms with Crippen LogP contribution in [0, 0.1) is 0 Å². The van der Waals surface area contributed by atoms with Crippen LogP contribution in [0.4, 0.5) is 0 Å². The van der Waals surface area contributed by atoms with Gasteiger partial charge in [0.1, 0.15) is 0 Å². The van der Waals surface area contributed by atoms with Gasteiger partial charge in [0, 0.05) is 14.1 Å². The van der Waals surface area contributed by atoms with Crippen LogP contribution in [0.5, 0.6) is 0 Å². The quantitative estimate of drug-likeness (QED) is 0.841. The number of rotatable bonds is 3. The molecular formula is C10H15NO3S. The molecule has 0 fully saturated rings. The van der Waals surface area contributed by atoms with Crippen LogP contribution in [0.25, 0.3) is 0 Å². The van der Waals surface area contributed by atoms with Crippen molar-refractivity contribution in [3.05, 3.63) is 29.8 Å². The largest absolute Gasteiger partial charge is 0.389 e. The second kappa shape index (κ2) is 4.30. The van der Waals surface area contributed by atoms with Crippen molar-refractivity contribution in [3.8, 4) is 0 Å². The molecule has 1 rings (SSSR count). The van der Waals surface area contributed by atoms with E-state index >= 15 is 0 Å². The number of aliphatic hydroxyl groups is 1.